The summed E-state index contributed by atoms with van der Waals surface area (Å²) in [5.74, 6) is 0. The van der Waals surface area contributed by atoms with Crippen molar-refractivity contribution in [2.45, 2.75) is 19.4 Å². The van der Waals surface area contributed by atoms with Gasteiger partial charge >= 0.3 is 0 Å². The van der Waals surface area contributed by atoms with Gasteiger partial charge < -0.3 is 10.1 Å². The van der Waals surface area contributed by atoms with Crippen LogP contribution in [0.3, 0.4) is 0 Å². The Bertz CT molecular complexity index is 403. The van der Waals surface area contributed by atoms with E-state index in [1.807, 2.05) is 31.3 Å². The summed E-state index contributed by atoms with van der Waals surface area (Å²) in [6.45, 7) is 1.81. The van der Waals surface area contributed by atoms with E-state index in [0.717, 1.165) is 5.52 Å². The number of hydrogen-bond acceptors (Lipinski definition) is 1. The molecule has 0 amide bonds. The number of nitrogens with one attached hydrogen (secondary N) is 1. The fourth-order valence-electron chi connectivity index (χ4n) is 1.62. The molecule has 1 aromatic carbocycles. The molecular weight excluding hydrogens is 162 g/mol. The molecule has 0 spiro atoms. The lowest BCUT2D eigenvalue weighted by Gasteiger charge is -2.01. The molecule has 1 aromatic heterocycles. The number of fused-ring (bicyclic) bond motifs is 1. The van der Waals surface area contributed by atoms with Crippen LogP contribution in [0.1, 0.15) is 12.5 Å². The topological polar surface area (TPSA) is 36.0 Å². The minimum atomic E-state index is -0.279. The van der Waals surface area contributed by atoms with Crippen LogP contribution in [0.15, 0.2) is 30.5 Å². The van der Waals surface area contributed by atoms with Crippen molar-refractivity contribution in [2.75, 3.05) is 0 Å². The van der Waals surface area contributed by atoms with E-state index in [1.165, 1.54) is 10.9 Å². The smallest absolute Gasteiger partial charge is 0.0553 e. The molecule has 0 saturated carbocycles. The number of aliphatic hydroxyl groups excluding tert-OH is 1. The fraction of sp³-hybridized carbons (Fsp3) is 0.273. The van der Waals surface area contributed by atoms with Gasteiger partial charge in [-0.15, -0.1) is 0 Å². The lowest BCUT2D eigenvalue weighted by molar-refractivity contribution is 0.196. The lowest BCUT2D eigenvalue weighted by Crippen LogP contribution is -2.03. The Labute approximate surface area is 77.2 Å². The second-order valence-corrected chi connectivity index (χ2v) is 3.41. The zero-order valence-corrected chi connectivity index (χ0v) is 7.62. The van der Waals surface area contributed by atoms with E-state index in [-0.39, 0.29) is 6.10 Å². The van der Waals surface area contributed by atoms with Crippen LogP contribution >= 0.6 is 0 Å². The van der Waals surface area contributed by atoms with E-state index in [2.05, 4.69) is 11.1 Å². The van der Waals surface area contributed by atoms with Crippen molar-refractivity contribution in [2.24, 2.45) is 0 Å². The largest absolute Gasteiger partial charge is 0.393 e. The van der Waals surface area contributed by atoms with Crippen LogP contribution in [0.4, 0.5) is 0 Å². The molecule has 0 bridgehead atoms. The molecule has 0 aliphatic carbocycles. The molecule has 1 heterocycles. The number of aromatic nitrogens is 1. The minimum Gasteiger partial charge on any atom is -0.393 e. The highest BCUT2D eigenvalue weighted by Crippen LogP contribution is 2.18. The number of hydrogen-bond donors (Lipinski definition) is 2. The third kappa shape index (κ3) is 1.58. The zero-order valence-electron chi connectivity index (χ0n) is 7.62. The van der Waals surface area contributed by atoms with Gasteiger partial charge in [-0.3, -0.25) is 0 Å². The second-order valence-electron chi connectivity index (χ2n) is 3.41. The van der Waals surface area contributed by atoms with Crippen LogP contribution < -0.4 is 0 Å². The van der Waals surface area contributed by atoms with Gasteiger partial charge in [-0.2, -0.15) is 0 Å². The molecule has 68 valence electrons. The Morgan fingerprint density at radius 3 is 2.92 bits per heavy atom. The third-order valence-corrected chi connectivity index (χ3v) is 2.19. The van der Waals surface area contributed by atoms with E-state index in [1.54, 1.807) is 0 Å². The molecule has 0 unspecified atom stereocenters. The van der Waals surface area contributed by atoms with Gasteiger partial charge in [0.25, 0.3) is 0 Å². The Morgan fingerprint density at radius 2 is 2.15 bits per heavy atom. The monoisotopic (exact) mass is 175 g/mol. The van der Waals surface area contributed by atoms with Crippen LogP contribution in [0, 0.1) is 0 Å². The van der Waals surface area contributed by atoms with Crippen molar-refractivity contribution in [3.8, 4) is 0 Å². The molecule has 0 fully saturated rings. The quantitative estimate of drug-likeness (QED) is 0.720. The summed E-state index contributed by atoms with van der Waals surface area (Å²) in [5.41, 5.74) is 2.32. The van der Waals surface area contributed by atoms with Gasteiger partial charge in [0.05, 0.1) is 6.10 Å². The fourth-order valence-corrected chi connectivity index (χ4v) is 1.62. The molecule has 1 atom stereocenters. The van der Waals surface area contributed by atoms with Gasteiger partial charge in [0, 0.05) is 23.5 Å². The van der Waals surface area contributed by atoms with Crippen LogP contribution in [0.5, 0.6) is 0 Å². The first kappa shape index (κ1) is 8.32. The number of aromatic amines is 1. The van der Waals surface area contributed by atoms with E-state index >= 15 is 0 Å². The van der Waals surface area contributed by atoms with Gasteiger partial charge in [-0.25, -0.2) is 0 Å². The summed E-state index contributed by atoms with van der Waals surface area (Å²) >= 11 is 0. The number of rotatable bonds is 2. The average Bonchev–Trinajstić information content (AvgIpc) is 2.48. The Morgan fingerprint density at radius 1 is 1.38 bits per heavy atom. The zero-order chi connectivity index (χ0) is 9.26. The first-order valence-corrected chi connectivity index (χ1v) is 4.50. The normalized spacial score (nSPS) is 13.4. The predicted molar refractivity (Wildman–Crippen MR) is 53.7 cm³/mol. The van der Waals surface area contributed by atoms with Crippen molar-refractivity contribution in [3.63, 3.8) is 0 Å². The summed E-state index contributed by atoms with van der Waals surface area (Å²) in [6.07, 6.45) is 2.40. The van der Waals surface area contributed by atoms with Gasteiger partial charge in [-0.05, 0) is 18.6 Å². The van der Waals surface area contributed by atoms with Crippen molar-refractivity contribution in [1.82, 2.24) is 4.98 Å². The minimum absolute atomic E-state index is 0.279. The van der Waals surface area contributed by atoms with Crippen LogP contribution in [-0.2, 0) is 6.42 Å². The first-order valence-electron chi connectivity index (χ1n) is 4.50. The molecule has 2 rings (SSSR count). The first-order chi connectivity index (χ1) is 6.27. The average molecular weight is 175 g/mol. The maximum Gasteiger partial charge on any atom is 0.0553 e. The van der Waals surface area contributed by atoms with Gasteiger partial charge in [0.15, 0.2) is 0 Å². The summed E-state index contributed by atoms with van der Waals surface area (Å²) in [6, 6.07) is 8.14. The van der Waals surface area contributed by atoms with E-state index in [4.69, 9.17) is 0 Å². The highest BCUT2D eigenvalue weighted by Gasteiger charge is 2.04. The predicted octanol–water partition coefficient (Wildman–Crippen LogP) is 2.09. The maximum atomic E-state index is 9.27. The van der Waals surface area contributed by atoms with E-state index in [9.17, 15) is 5.11 Å². The summed E-state index contributed by atoms with van der Waals surface area (Å²) < 4.78 is 0. The molecule has 2 nitrogen and oxygen atoms in total. The van der Waals surface area contributed by atoms with Crippen molar-refractivity contribution >= 4 is 10.9 Å². The Kier molecular flexibility index (Phi) is 2.07. The summed E-state index contributed by atoms with van der Waals surface area (Å²) in [7, 11) is 0. The van der Waals surface area contributed by atoms with Crippen molar-refractivity contribution in [1.29, 1.82) is 0 Å². The number of aliphatic hydroxyl groups is 1. The van der Waals surface area contributed by atoms with Crippen molar-refractivity contribution in [3.05, 3.63) is 36.0 Å². The molecule has 13 heavy (non-hydrogen) atoms. The number of H-pyrrole nitrogens is 1. The van der Waals surface area contributed by atoms with Gasteiger partial charge in [0.1, 0.15) is 0 Å². The maximum absolute atomic E-state index is 9.27. The lowest BCUT2D eigenvalue weighted by atomic mass is 10.1. The molecule has 0 radical (unpaired) electrons. The molecule has 2 aromatic rings. The molecule has 2 heteroatoms. The Balaban J connectivity index is 2.46. The second kappa shape index (κ2) is 3.23. The number of para-hydroxylation sites is 1. The molecule has 2 N–H and O–H groups in total. The molecular formula is C11H13NO. The standard InChI is InChI=1S/C11H13NO/c1-8(13)6-9-7-12-11-5-3-2-4-10(9)11/h2-5,7-8,12-13H,6H2,1H3/t8-/m1/s1. The highest BCUT2D eigenvalue weighted by atomic mass is 16.3. The summed E-state index contributed by atoms with van der Waals surface area (Å²) in [4.78, 5) is 3.18. The third-order valence-electron chi connectivity index (χ3n) is 2.19. The van der Waals surface area contributed by atoms with E-state index in [0.29, 0.717) is 6.42 Å². The van der Waals surface area contributed by atoms with Gasteiger partial charge in [-0.1, -0.05) is 18.2 Å². The van der Waals surface area contributed by atoms with Crippen LogP contribution in [0.2, 0.25) is 0 Å². The highest BCUT2D eigenvalue weighted by molar-refractivity contribution is 5.83. The molecule has 0 aliphatic rings. The van der Waals surface area contributed by atoms with Gasteiger partial charge in [0.2, 0.25) is 0 Å². The molecule has 0 aliphatic heterocycles. The van der Waals surface area contributed by atoms with Crippen LogP contribution in [-0.4, -0.2) is 16.2 Å². The SMILES string of the molecule is C[C@@H](O)Cc1c[nH]c2ccccc12. The summed E-state index contributed by atoms with van der Waals surface area (Å²) in [5, 5.41) is 10.5. The van der Waals surface area contributed by atoms with Crippen LogP contribution in [0.25, 0.3) is 10.9 Å². The Hall–Kier alpha value is -1.28. The number of benzene rings is 1. The van der Waals surface area contributed by atoms with Crippen molar-refractivity contribution < 1.29 is 5.11 Å². The molecule has 0 saturated heterocycles. The van der Waals surface area contributed by atoms with E-state index < -0.39 is 0 Å².